The molecule has 5 N–H and O–H groups in total. The van der Waals surface area contributed by atoms with E-state index in [2.05, 4.69) is 10.6 Å². The third kappa shape index (κ3) is 6.25. The fourth-order valence-corrected chi connectivity index (χ4v) is 0.849. The van der Waals surface area contributed by atoms with Crippen molar-refractivity contribution in [2.45, 2.75) is 45.8 Å². The van der Waals surface area contributed by atoms with Crippen molar-refractivity contribution in [3.05, 3.63) is 0 Å². The molecule has 0 saturated carbocycles. The average Bonchev–Trinajstić information content (AvgIpc) is 1.85. The van der Waals surface area contributed by atoms with E-state index in [1.54, 1.807) is 6.92 Å². The second kappa shape index (κ2) is 5.49. The number of hydrogen-bond acceptors (Lipinski definition) is 4. The van der Waals surface area contributed by atoms with E-state index in [-0.39, 0.29) is 12.3 Å². The van der Waals surface area contributed by atoms with Crippen molar-refractivity contribution in [1.29, 1.82) is 0 Å². The summed E-state index contributed by atoms with van der Waals surface area (Å²) in [6.07, 6.45) is 0.425. The molecule has 0 rings (SSSR count). The Kier molecular flexibility index (Phi) is 5.41. The first-order valence-electron chi connectivity index (χ1n) is 4.02. The van der Waals surface area contributed by atoms with Crippen LogP contribution in [0.1, 0.15) is 27.2 Å². The highest BCUT2D eigenvalue weighted by Gasteiger charge is 2.05. The normalized spacial score (nSPS) is 19.4. The van der Waals surface area contributed by atoms with Crippen molar-refractivity contribution in [2.75, 3.05) is 0 Å². The Morgan fingerprint density at radius 3 is 2.27 bits per heavy atom. The maximum absolute atomic E-state index is 8.92. The molecule has 0 heterocycles. The molecule has 0 aromatic heterocycles. The number of aliphatic hydroxyl groups is 1. The summed E-state index contributed by atoms with van der Waals surface area (Å²) < 4.78 is 0. The Hall–Kier alpha value is -0.160. The SMILES string of the molecule is CCC(N)NC(C)NC(C)O. The summed E-state index contributed by atoms with van der Waals surface area (Å²) in [5, 5.41) is 14.9. The minimum absolute atomic E-state index is 0.00347. The quantitative estimate of drug-likeness (QED) is 0.412. The largest absolute Gasteiger partial charge is 0.379 e. The Morgan fingerprint density at radius 1 is 1.36 bits per heavy atom. The van der Waals surface area contributed by atoms with Gasteiger partial charge in [-0.1, -0.05) is 6.92 Å². The first kappa shape index (κ1) is 10.8. The number of nitrogens with one attached hydrogen (secondary N) is 2. The lowest BCUT2D eigenvalue weighted by atomic mass is 10.3. The van der Waals surface area contributed by atoms with E-state index in [1.165, 1.54) is 0 Å². The highest BCUT2D eigenvalue weighted by molar-refractivity contribution is 4.63. The number of hydrogen-bond donors (Lipinski definition) is 4. The van der Waals surface area contributed by atoms with Crippen LogP contribution >= 0.6 is 0 Å². The Labute approximate surface area is 68.2 Å². The molecule has 0 amide bonds. The van der Waals surface area contributed by atoms with E-state index in [0.29, 0.717) is 0 Å². The predicted octanol–water partition coefficient (Wildman–Crippen LogP) is -0.455. The lowest BCUT2D eigenvalue weighted by Gasteiger charge is -2.21. The van der Waals surface area contributed by atoms with E-state index >= 15 is 0 Å². The molecule has 0 aliphatic heterocycles. The predicted molar refractivity (Wildman–Crippen MR) is 45.7 cm³/mol. The van der Waals surface area contributed by atoms with Gasteiger partial charge in [0.1, 0.15) is 6.23 Å². The molecule has 0 spiro atoms. The maximum Gasteiger partial charge on any atom is 0.103 e. The number of rotatable bonds is 5. The highest BCUT2D eigenvalue weighted by atomic mass is 16.3. The van der Waals surface area contributed by atoms with E-state index in [9.17, 15) is 0 Å². The van der Waals surface area contributed by atoms with Crippen LogP contribution in [0.4, 0.5) is 0 Å². The molecule has 0 saturated heterocycles. The van der Waals surface area contributed by atoms with Crippen molar-refractivity contribution in [1.82, 2.24) is 10.6 Å². The average molecular weight is 161 g/mol. The van der Waals surface area contributed by atoms with Gasteiger partial charge >= 0.3 is 0 Å². The maximum atomic E-state index is 8.92. The molecule has 0 bridgehead atoms. The Morgan fingerprint density at radius 2 is 1.91 bits per heavy atom. The topological polar surface area (TPSA) is 70.3 Å². The van der Waals surface area contributed by atoms with Crippen LogP contribution < -0.4 is 16.4 Å². The third-order valence-corrected chi connectivity index (χ3v) is 1.40. The molecule has 0 fully saturated rings. The molecule has 4 heteroatoms. The third-order valence-electron chi connectivity index (χ3n) is 1.40. The fourth-order valence-electron chi connectivity index (χ4n) is 0.849. The van der Waals surface area contributed by atoms with Crippen LogP contribution in [0.5, 0.6) is 0 Å². The van der Waals surface area contributed by atoms with Crippen LogP contribution in [0.3, 0.4) is 0 Å². The number of nitrogens with two attached hydrogens (primary N) is 1. The summed E-state index contributed by atoms with van der Waals surface area (Å²) in [7, 11) is 0. The molecule has 0 aliphatic rings. The summed E-state index contributed by atoms with van der Waals surface area (Å²) >= 11 is 0. The van der Waals surface area contributed by atoms with Gasteiger partial charge in [-0.05, 0) is 20.3 Å². The van der Waals surface area contributed by atoms with Gasteiger partial charge in [0, 0.05) is 0 Å². The lowest BCUT2D eigenvalue weighted by Crippen LogP contribution is -2.51. The van der Waals surface area contributed by atoms with Crippen molar-refractivity contribution in [3.8, 4) is 0 Å². The zero-order valence-electron chi connectivity index (χ0n) is 7.46. The molecule has 11 heavy (non-hydrogen) atoms. The van der Waals surface area contributed by atoms with Crippen molar-refractivity contribution >= 4 is 0 Å². The zero-order valence-corrected chi connectivity index (χ0v) is 7.46. The minimum atomic E-state index is -0.499. The van der Waals surface area contributed by atoms with E-state index in [0.717, 1.165) is 6.42 Å². The van der Waals surface area contributed by atoms with Crippen LogP contribution in [0.15, 0.2) is 0 Å². The second-order valence-corrected chi connectivity index (χ2v) is 2.75. The highest BCUT2D eigenvalue weighted by Crippen LogP contribution is 1.84. The molecule has 0 aromatic rings. The van der Waals surface area contributed by atoms with E-state index < -0.39 is 6.23 Å². The molecular weight excluding hydrogens is 142 g/mol. The number of aliphatic hydroxyl groups excluding tert-OH is 1. The van der Waals surface area contributed by atoms with Gasteiger partial charge in [-0.3, -0.25) is 10.6 Å². The second-order valence-electron chi connectivity index (χ2n) is 2.75. The zero-order chi connectivity index (χ0) is 8.85. The smallest absolute Gasteiger partial charge is 0.103 e. The minimum Gasteiger partial charge on any atom is -0.379 e. The molecule has 4 nitrogen and oxygen atoms in total. The van der Waals surface area contributed by atoms with Gasteiger partial charge in [-0.15, -0.1) is 0 Å². The molecule has 68 valence electrons. The molecule has 0 aromatic carbocycles. The van der Waals surface area contributed by atoms with E-state index in [1.807, 2.05) is 13.8 Å². The Balaban J connectivity index is 3.43. The molecule has 3 unspecified atom stereocenters. The van der Waals surface area contributed by atoms with Gasteiger partial charge in [-0.25, -0.2) is 0 Å². The molecule has 0 radical (unpaired) electrons. The first-order chi connectivity index (χ1) is 5.06. The van der Waals surface area contributed by atoms with Gasteiger partial charge in [0.05, 0.1) is 12.3 Å². The first-order valence-corrected chi connectivity index (χ1v) is 4.02. The standard InChI is InChI=1S/C7H19N3O/c1-4-7(8)10-5(2)9-6(3)11/h5-7,9-11H,4,8H2,1-3H3. The van der Waals surface area contributed by atoms with Crippen molar-refractivity contribution in [2.24, 2.45) is 5.73 Å². The summed E-state index contributed by atoms with van der Waals surface area (Å²) in [5.41, 5.74) is 5.62. The van der Waals surface area contributed by atoms with Crippen LogP contribution in [0.2, 0.25) is 0 Å². The van der Waals surface area contributed by atoms with Crippen LogP contribution in [-0.4, -0.2) is 23.7 Å². The van der Waals surface area contributed by atoms with Gasteiger partial charge in [0.15, 0.2) is 0 Å². The summed E-state index contributed by atoms with van der Waals surface area (Å²) in [6, 6.07) is 0. The van der Waals surface area contributed by atoms with Crippen molar-refractivity contribution in [3.63, 3.8) is 0 Å². The summed E-state index contributed by atoms with van der Waals surface area (Å²) in [6.45, 7) is 5.60. The Bertz CT molecular complexity index is 97.7. The molecule has 3 atom stereocenters. The fraction of sp³-hybridized carbons (Fsp3) is 1.00. The molecule has 0 aliphatic carbocycles. The van der Waals surface area contributed by atoms with Crippen LogP contribution in [0.25, 0.3) is 0 Å². The van der Waals surface area contributed by atoms with Crippen molar-refractivity contribution < 1.29 is 5.11 Å². The van der Waals surface area contributed by atoms with Crippen LogP contribution in [-0.2, 0) is 0 Å². The van der Waals surface area contributed by atoms with Crippen LogP contribution in [0, 0.1) is 0 Å². The monoisotopic (exact) mass is 161 g/mol. The summed E-state index contributed by atoms with van der Waals surface area (Å²) in [4.78, 5) is 0. The molecular formula is C7H19N3O. The van der Waals surface area contributed by atoms with Gasteiger partial charge in [-0.2, -0.15) is 0 Å². The van der Waals surface area contributed by atoms with Gasteiger partial charge < -0.3 is 10.8 Å². The lowest BCUT2D eigenvalue weighted by molar-refractivity contribution is 0.133. The van der Waals surface area contributed by atoms with Gasteiger partial charge in [0.25, 0.3) is 0 Å². The summed E-state index contributed by atoms with van der Waals surface area (Å²) in [5.74, 6) is 0. The van der Waals surface area contributed by atoms with E-state index in [4.69, 9.17) is 10.8 Å². The van der Waals surface area contributed by atoms with Gasteiger partial charge in [0.2, 0.25) is 0 Å².